The quantitative estimate of drug-likeness (QED) is 0.614. The molecule has 1 aliphatic heterocycles. The fourth-order valence-corrected chi connectivity index (χ4v) is 3.98. The summed E-state index contributed by atoms with van der Waals surface area (Å²) in [6.45, 7) is 3.68. The number of carbonyl (C=O) groups is 1. The Morgan fingerprint density at radius 2 is 2.32 bits per heavy atom. The molecule has 1 unspecified atom stereocenters. The number of aliphatic carboxylic acids is 1. The Morgan fingerprint density at radius 1 is 1.46 bits per heavy atom. The van der Waals surface area contributed by atoms with Crippen molar-refractivity contribution in [3.8, 4) is 5.75 Å². The molecule has 0 saturated carbocycles. The number of aryl methyl sites for hydroxylation is 1. The first-order valence-corrected chi connectivity index (χ1v) is 9.98. The van der Waals surface area contributed by atoms with Crippen LogP contribution >= 0.6 is 15.9 Å². The SMILES string of the molecule is Cc1cccc(OCc2cn(C3CCOC3)c3ncc(Br)cc23)c1CC(=O)O. The number of pyridine rings is 1. The highest BCUT2D eigenvalue weighted by atomic mass is 79.9. The number of nitrogens with zero attached hydrogens (tertiary/aromatic N) is 2. The van der Waals surface area contributed by atoms with E-state index in [1.165, 1.54) is 0 Å². The lowest BCUT2D eigenvalue weighted by atomic mass is 10.0. The Morgan fingerprint density at radius 3 is 3.07 bits per heavy atom. The van der Waals surface area contributed by atoms with Crippen LogP contribution in [0.5, 0.6) is 5.75 Å². The molecule has 1 saturated heterocycles. The summed E-state index contributed by atoms with van der Waals surface area (Å²) in [6, 6.07) is 7.92. The van der Waals surface area contributed by atoms with E-state index in [4.69, 9.17) is 9.47 Å². The predicted molar refractivity (Wildman–Crippen MR) is 109 cm³/mol. The molecular formula is C21H21BrN2O4. The van der Waals surface area contributed by atoms with E-state index in [0.29, 0.717) is 24.5 Å². The first-order valence-electron chi connectivity index (χ1n) is 9.18. The van der Waals surface area contributed by atoms with Crippen LogP contribution in [0.15, 0.2) is 41.1 Å². The Kier molecular flexibility index (Phi) is 5.37. The fourth-order valence-electron chi connectivity index (χ4n) is 3.65. The third-order valence-electron chi connectivity index (χ3n) is 5.10. The van der Waals surface area contributed by atoms with E-state index in [1.54, 1.807) is 6.20 Å². The molecule has 7 heteroatoms. The third-order valence-corrected chi connectivity index (χ3v) is 5.53. The number of carboxylic acid groups (broad SMARTS) is 1. The summed E-state index contributed by atoms with van der Waals surface area (Å²) in [6.07, 6.45) is 4.78. The zero-order valence-electron chi connectivity index (χ0n) is 15.5. The molecule has 1 aromatic carbocycles. The van der Waals surface area contributed by atoms with Gasteiger partial charge in [0.05, 0.1) is 19.1 Å². The fraction of sp³-hybridized carbons (Fsp3) is 0.333. The van der Waals surface area contributed by atoms with Gasteiger partial charge in [-0.3, -0.25) is 4.79 Å². The zero-order chi connectivity index (χ0) is 19.7. The molecule has 0 aliphatic carbocycles. The van der Waals surface area contributed by atoms with Crippen molar-refractivity contribution < 1.29 is 19.4 Å². The van der Waals surface area contributed by atoms with E-state index in [-0.39, 0.29) is 12.5 Å². The van der Waals surface area contributed by atoms with E-state index in [9.17, 15) is 9.90 Å². The van der Waals surface area contributed by atoms with Crippen LogP contribution in [0.25, 0.3) is 11.0 Å². The average molecular weight is 445 g/mol. The number of hydrogen-bond donors (Lipinski definition) is 1. The molecule has 28 heavy (non-hydrogen) atoms. The number of fused-ring (bicyclic) bond motifs is 1. The highest BCUT2D eigenvalue weighted by Gasteiger charge is 2.22. The van der Waals surface area contributed by atoms with E-state index < -0.39 is 5.97 Å². The molecule has 6 nitrogen and oxygen atoms in total. The maximum atomic E-state index is 11.2. The first-order chi connectivity index (χ1) is 13.5. The van der Waals surface area contributed by atoms with Gasteiger partial charge in [-0.15, -0.1) is 0 Å². The molecule has 2 aromatic heterocycles. The Hall–Kier alpha value is -2.38. The maximum Gasteiger partial charge on any atom is 0.307 e. The van der Waals surface area contributed by atoms with Gasteiger partial charge in [0.2, 0.25) is 0 Å². The van der Waals surface area contributed by atoms with Crippen molar-refractivity contribution >= 4 is 32.9 Å². The molecule has 3 heterocycles. The molecule has 1 fully saturated rings. The molecule has 0 bridgehead atoms. The Bertz CT molecular complexity index is 1020. The van der Waals surface area contributed by atoms with Crippen LogP contribution in [0.3, 0.4) is 0 Å². The highest BCUT2D eigenvalue weighted by Crippen LogP contribution is 2.31. The van der Waals surface area contributed by atoms with Crippen molar-refractivity contribution in [1.29, 1.82) is 0 Å². The summed E-state index contributed by atoms with van der Waals surface area (Å²) in [7, 11) is 0. The lowest BCUT2D eigenvalue weighted by Gasteiger charge is -2.12. The van der Waals surface area contributed by atoms with Crippen molar-refractivity contribution in [3.05, 3.63) is 57.8 Å². The molecule has 3 aromatic rings. The van der Waals surface area contributed by atoms with Gasteiger partial charge < -0.3 is 19.1 Å². The number of ether oxygens (including phenoxy) is 2. The van der Waals surface area contributed by atoms with Crippen molar-refractivity contribution in [2.75, 3.05) is 13.2 Å². The maximum absolute atomic E-state index is 11.2. The molecule has 1 N–H and O–H groups in total. The third kappa shape index (κ3) is 3.77. The van der Waals surface area contributed by atoms with Gasteiger partial charge in [0, 0.05) is 40.0 Å². The summed E-state index contributed by atoms with van der Waals surface area (Å²) in [4.78, 5) is 15.8. The Labute approximate surface area is 171 Å². The number of hydrogen-bond acceptors (Lipinski definition) is 4. The molecular weight excluding hydrogens is 424 g/mol. The minimum atomic E-state index is -0.870. The van der Waals surface area contributed by atoms with Gasteiger partial charge in [-0.1, -0.05) is 12.1 Å². The van der Waals surface area contributed by atoms with E-state index in [0.717, 1.165) is 39.7 Å². The average Bonchev–Trinajstić information content (AvgIpc) is 3.29. The van der Waals surface area contributed by atoms with Crippen LogP contribution in [0.4, 0.5) is 0 Å². The molecule has 1 aliphatic rings. The van der Waals surface area contributed by atoms with Crippen molar-refractivity contribution in [2.24, 2.45) is 0 Å². The normalized spacial score (nSPS) is 16.6. The van der Waals surface area contributed by atoms with E-state index in [1.807, 2.05) is 31.2 Å². The van der Waals surface area contributed by atoms with Crippen LogP contribution in [0.2, 0.25) is 0 Å². The van der Waals surface area contributed by atoms with E-state index >= 15 is 0 Å². The number of rotatable bonds is 6. The second kappa shape index (κ2) is 7.93. The summed E-state index contributed by atoms with van der Waals surface area (Å²) < 4.78 is 14.7. The van der Waals surface area contributed by atoms with Crippen molar-refractivity contribution in [2.45, 2.75) is 32.4 Å². The zero-order valence-corrected chi connectivity index (χ0v) is 17.1. The largest absolute Gasteiger partial charge is 0.489 e. The standard InChI is InChI=1S/C21H21BrN2O4/c1-13-3-2-4-19(17(13)8-20(25)26)28-11-14-10-24(16-5-6-27-12-16)21-18(14)7-15(22)9-23-21/h2-4,7,9-10,16H,5-6,8,11-12H2,1H3,(H,25,26). The Balaban J connectivity index is 1.66. The summed E-state index contributed by atoms with van der Waals surface area (Å²) in [5, 5.41) is 10.2. The van der Waals surface area contributed by atoms with Crippen LogP contribution in [-0.4, -0.2) is 33.8 Å². The summed E-state index contributed by atoms with van der Waals surface area (Å²) in [5.41, 5.74) is 3.54. The van der Waals surface area contributed by atoms with Gasteiger partial charge in [-0.05, 0) is 47.0 Å². The van der Waals surface area contributed by atoms with Gasteiger partial charge in [-0.2, -0.15) is 0 Å². The summed E-state index contributed by atoms with van der Waals surface area (Å²) >= 11 is 3.50. The molecule has 4 rings (SSSR count). The first kappa shape index (κ1) is 19.0. The van der Waals surface area contributed by atoms with Crippen LogP contribution < -0.4 is 4.74 Å². The molecule has 1 atom stereocenters. The minimum absolute atomic E-state index is 0.0592. The molecule has 0 radical (unpaired) electrons. The van der Waals surface area contributed by atoms with Crippen molar-refractivity contribution in [3.63, 3.8) is 0 Å². The lowest BCUT2D eigenvalue weighted by molar-refractivity contribution is -0.136. The predicted octanol–water partition coefficient (Wildman–Crippen LogP) is 4.27. The monoisotopic (exact) mass is 444 g/mol. The van der Waals surface area contributed by atoms with Gasteiger partial charge in [0.1, 0.15) is 18.0 Å². The number of halogens is 1. The van der Waals surface area contributed by atoms with E-state index in [2.05, 4.69) is 31.7 Å². The molecule has 146 valence electrons. The number of benzene rings is 1. The van der Waals surface area contributed by atoms with Crippen LogP contribution in [0, 0.1) is 6.92 Å². The molecule has 0 spiro atoms. The van der Waals surface area contributed by atoms with Crippen LogP contribution in [-0.2, 0) is 22.6 Å². The van der Waals surface area contributed by atoms with Gasteiger partial charge in [0.25, 0.3) is 0 Å². The van der Waals surface area contributed by atoms with Gasteiger partial charge in [0.15, 0.2) is 0 Å². The minimum Gasteiger partial charge on any atom is -0.489 e. The second-order valence-corrected chi connectivity index (χ2v) is 7.93. The second-order valence-electron chi connectivity index (χ2n) is 7.01. The number of aromatic nitrogens is 2. The summed E-state index contributed by atoms with van der Waals surface area (Å²) in [5.74, 6) is -0.263. The topological polar surface area (TPSA) is 73.6 Å². The van der Waals surface area contributed by atoms with Crippen molar-refractivity contribution in [1.82, 2.24) is 9.55 Å². The number of carboxylic acids is 1. The molecule has 0 amide bonds. The highest BCUT2D eigenvalue weighted by molar-refractivity contribution is 9.10. The van der Waals surface area contributed by atoms with Crippen LogP contribution in [0.1, 0.15) is 29.2 Å². The lowest BCUT2D eigenvalue weighted by Crippen LogP contribution is -2.08. The van der Waals surface area contributed by atoms with Gasteiger partial charge >= 0.3 is 5.97 Å². The smallest absolute Gasteiger partial charge is 0.307 e. The van der Waals surface area contributed by atoms with Gasteiger partial charge in [-0.25, -0.2) is 4.98 Å².